The number of rotatable bonds is 6. The van der Waals surface area contributed by atoms with E-state index in [0.717, 1.165) is 28.7 Å². The number of aliphatic hydroxyl groups is 1. The minimum atomic E-state index is 0.0723. The van der Waals surface area contributed by atoms with Gasteiger partial charge in [0.1, 0.15) is 5.71 Å². The predicted molar refractivity (Wildman–Crippen MR) is 89.7 cm³/mol. The van der Waals surface area contributed by atoms with E-state index in [0.29, 0.717) is 12.1 Å². The Morgan fingerprint density at radius 1 is 1.14 bits per heavy atom. The fraction of sp³-hybridized carbons (Fsp3) is 0.105. The van der Waals surface area contributed by atoms with E-state index in [1.807, 2.05) is 54.6 Å². The maximum absolute atomic E-state index is 9.51. The first-order chi connectivity index (χ1) is 10.7. The van der Waals surface area contributed by atoms with E-state index in [1.54, 1.807) is 0 Å². The van der Waals surface area contributed by atoms with Gasteiger partial charge in [0.25, 0.3) is 0 Å². The molecule has 2 aromatic carbocycles. The summed E-state index contributed by atoms with van der Waals surface area (Å²) < 4.78 is 0. The van der Waals surface area contributed by atoms with Gasteiger partial charge in [0.2, 0.25) is 0 Å². The highest BCUT2D eigenvalue weighted by atomic mass is 16.4. The Labute approximate surface area is 130 Å². The fourth-order valence-electron chi connectivity index (χ4n) is 2.37. The summed E-state index contributed by atoms with van der Waals surface area (Å²) >= 11 is 0. The van der Waals surface area contributed by atoms with Crippen molar-refractivity contribution in [3.05, 3.63) is 95.8 Å². The van der Waals surface area contributed by atoms with Crippen LogP contribution in [0.25, 0.3) is 0 Å². The summed E-state index contributed by atoms with van der Waals surface area (Å²) in [6.07, 6.45) is 2.86. The van der Waals surface area contributed by atoms with Gasteiger partial charge in [-0.1, -0.05) is 60.3 Å². The molecule has 2 N–H and O–H groups in total. The summed E-state index contributed by atoms with van der Waals surface area (Å²) in [6, 6.07) is 15.3. The van der Waals surface area contributed by atoms with E-state index in [9.17, 15) is 10.3 Å². The highest BCUT2D eigenvalue weighted by molar-refractivity contribution is 6.13. The van der Waals surface area contributed by atoms with E-state index in [4.69, 9.17) is 0 Å². The molecule has 112 valence electrons. The second-order valence-corrected chi connectivity index (χ2v) is 5.04. The van der Waals surface area contributed by atoms with E-state index >= 15 is 0 Å². The lowest BCUT2D eigenvalue weighted by Crippen LogP contribution is -2.09. The molecule has 22 heavy (non-hydrogen) atoms. The van der Waals surface area contributed by atoms with E-state index in [1.165, 1.54) is 0 Å². The molecule has 0 aromatic heterocycles. The smallest absolute Gasteiger partial charge is 0.117 e. The largest absolute Gasteiger partial charge is 0.513 e. The zero-order chi connectivity index (χ0) is 15.9. The van der Waals surface area contributed by atoms with Crippen LogP contribution in [0.2, 0.25) is 0 Å². The number of allylic oxidation sites excluding steroid dienone is 2. The molecular weight excluding hydrogens is 274 g/mol. The molecule has 0 aliphatic heterocycles. The van der Waals surface area contributed by atoms with Crippen LogP contribution in [0.3, 0.4) is 0 Å². The van der Waals surface area contributed by atoms with Crippen LogP contribution in [0, 0.1) is 0 Å². The standard InChI is InChI=1S/C19H19NO2/c1-3-7-15-10-11-17(12-14(2)21)18(13-15)19(20-22)16-8-5-4-6-9-16/h3-6,8-11,13,21-22H,1-2,7,12H2. The van der Waals surface area contributed by atoms with Crippen molar-refractivity contribution in [2.45, 2.75) is 12.8 Å². The van der Waals surface area contributed by atoms with Gasteiger partial charge in [0.05, 0.1) is 5.76 Å². The molecule has 0 bridgehead atoms. The molecular formula is C19H19NO2. The number of nitrogens with zero attached hydrogens (tertiary/aromatic N) is 1. The second-order valence-electron chi connectivity index (χ2n) is 5.04. The van der Waals surface area contributed by atoms with Crippen LogP contribution in [0.1, 0.15) is 22.3 Å². The summed E-state index contributed by atoms with van der Waals surface area (Å²) in [5.74, 6) is 0.0723. The molecule has 3 nitrogen and oxygen atoms in total. The minimum absolute atomic E-state index is 0.0723. The SMILES string of the molecule is C=CCc1ccc(CC(=C)O)c(C(=NO)c2ccccc2)c1. The molecule has 2 aromatic rings. The van der Waals surface area contributed by atoms with Gasteiger partial charge in [-0.15, -0.1) is 6.58 Å². The number of benzene rings is 2. The Hall–Kier alpha value is -2.81. The Morgan fingerprint density at radius 2 is 1.86 bits per heavy atom. The lowest BCUT2D eigenvalue weighted by molar-refractivity contribution is 0.319. The first-order valence-corrected chi connectivity index (χ1v) is 7.03. The minimum Gasteiger partial charge on any atom is -0.513 e. The Morgan fingerprint density at radius 3 is 2.45 bits per heavy atom. The average molecular weight is 293 g/mol. The van der Waals surface area contributed by atoms with Crippen LogP contribution < -0.4 is 0 Å². The lowest BCUT2D eigenvalue weighted by atomic mass is 9.93. The van der Waals surface area contributed by atoms with E-state index in [2.05, 4.69) is 18.3 Å². The van der Waals surface area contributed by atoms with Crippen LogP contribution in [-0.4, -0.2) is 16.0 Å². The predicted octanol–water partition coefficient (Wildman–Crippen LogP) is 4.26. The Kier molecular flexibility index (Phi) is 5.15. The number of hydrogen-bond acceptors (Lipinski definition) is 3. The number of aliphatic hydroxyl groups excluding tert-OH is 1. The van der Waals surface area contributed by atoms with Crippen molar-refractivity contribution in [2.24, 2.45) is 5.16 Å². The Balaban J connectivity index is 2.55. The van der Waals surface area contributed by atoms with Crippen molar-refractivity contribution in [3.8, 4) is 0 Å². The van der Waals surface area contributed by atoms with Gasteiger partial charge < -0.3 is 10.3 Å². The van der Waals surface area contributed by atoms with Gasteiger partial charge in [-0.25, -0.2) is 0 Å². The van der Waals surface area contributed by atoms with E-state index in [-0.39, 0.29) is 5.76 Å². The molecule has 0 heterocycles. The van der Waals surface area contributed by atoms with Gasteiger partial charge in [-0.3, -0.25) is 0 Å². The van der Waals surface area contributed by atoms with Crippen LogP contribution in [-0.2, 0) is 12.8 Å². The monoisotopic (exact) mass is 293 g/mol. The maximum Gasteiger partial charge on any atom is 0.117 e. The molecule has 0 fully saturated rings. The van der Waals surface area contributed by atoms with Crippen LogP contribution in [0.15, 0.2) is 78.7 Å². The third-order valence-electron chi connectivity index (χ3n) is 3.35. The fourth-order valence-corrected chi connectivity index (χ4v) is 2.37. The van der Waals surface area contributed by atoms with Gasteiger partial charge in [-0.05, 0) is 23.6 Å². The van der Waals surface area contributed by atoms with Crippen molar-refractivity contribution < 1.29 is 10.3 Å². The molecule has 0 spiro atoms. The highest BCUT2D eigenvalue weighted by Crippen LogP contribution is 2.20. The molecule has 3 heteroatoms. The third-order valence-corrected chi connectivity index (χ3v) is 3.35. The van der Waals surface area contributed by atoms with Crippen molar-refractivity contribution in [1.29, 1.82) is 0 Å². The molecule has 0 saturated carbocycles. The Bertz CT molecular complexity index is 703. The second kappa shape index (κ2) is 7.27. The topological polar surface area (TPSA) is 52.8 Å². The highest BCUT2D eigenvalue weighted by Gasteiger charge is 2.14. The lowest BCUT2D eigenvalue weighted by Gasteiger charge is -2.13. The summed E-state index contributed by atoms with van der Waals surface area (Å²) in [7, 11) is 0. The zero-order valence-electron chi connectivity index (χ0n) is 12.4. The summed E-state index contributed by atoms with van der Waals surface area (Å²) in [5, 5.41) is 22.5. The quantitative estimate of drug-likeness (QED) is 0.275. The summed E-state index contributed by atoms with van der Waals surface area (Å²) in [4.78, 5) is 0. The zero-order valence-corrected chi connectivity index (χ0v) is 12.4. The van der Waals surface area contributed by atoms with Gasteiger partial charge in [0, 0.05) is 17.5 Å². The van der Waals surface area contributed by atoms with Gasteiger partial charge in [0.15, 0.2) is 0 Å². The molecule has 2 rings (SSSR count). The molecule has 0 saturated heterocycles. The first-order valence-electron chi connectivity index (χ1n) is 7.03. The van der Waals surface area contributed by atoms with Crippen LogP contribution in [0.4, 0.5) is 0 Å². The molecule has 0 unspecified atom stereocenters. The first kappa shape index (κ1) is 15.6. The molecule has 0 atom stereocenters. The van der Waals surface area contributed by atoms with Gasteiger partial charge in [-0.2, -0.15) is 0 Å². The molecule has 0 radical (unpaired) electrons. The summed E-state index contributed by atoms with van der Waals surface area (Å²) in [6.45, 7) is 7.29. The molecule has 0 aliphatic rings. The van der Waals surface area contributed by atoms with Crippen molar-refractivity contribution >= 4 is 5.71 Å². The van der Waals surface area contributed by atoms with Crippen molar-refractivity contribution in [3.63, 3.8) is 0 Å². The number of oxime groups is 1. The average Bonchev–Trinajstić information content (AvgIpc) is 2.51. The van der Waals surface area contributed by atoms with Gasteiger partial charge >= 0.3 is 0 Å². The van der Waals surface area contributed by atoms with Crippen molar-refractivity contribution in [2.75, 3.05) is 0 Å². The third kappa shape index (κ3) is 3.64. The van der Waals surface area contributed by atoms with Crippen LogP contribution >= 0.6 is 0 Å². The number of hydrogen-bond donors (Lipinski definition) is 2. The molecule has 0 aliphatic carbocycles. The summed E-state index contributed by atoms with van der Waals surface area (Å²) in [5.41, 5.74) is 3.99. The van der Waals surface area contributed by atoms with Crippen molar-refractivity contribution in [1.82, 2.24) is 0 Å². The molecule has 0 amide bonds. The van der Waals surface area contributed by atoms with E-state index < -0.39 is 0 Å². The normalized spacial score (nSPS) is 11.2. The maximum atomic E-state index is 9.51. The van der Waals surface area contributed by atoms with Crippen LogP contribution in [0.5, 0.6) is 0 Å².